The number of hydrogen-bond acceptors (Lipinski definition) is 2. The second-order valence-electron chi connectivity index (χ2n) is 5.17. The zero-order valence-electron chi connectivity index (χ0n) is 9.54. The van der Waals surface area contributed by atoms with Crippen molar-refractivity contribution in [2.24, 2.45) is 17.6 Å². The molecule has 0 bridgehead atoms. The van der Waals surface area contributed by atoms with Gasteiger partial charge >= 0.3 is 0 Å². The Morgan fingerprint density at radius 3 is 2.80 bits per heavy atom. The van der Waals surface area contributed by atoms with E-state index < -0.39 is 0 Å². The topological polar surface area (TPSA) is 55.1 Å². The van der Waals surface area contributed by atoms with Gasteiger partial charge in [0.15, 0.2) is 0 Å². The van der Waals surface area contributed by atoms with Crippen LogP contribution >= 0.6 is 0 Å². The van der Waals surface area contributed by atoms with Crippen molar-refractivity contribution in [2.45, 2.75) is 57.5 Å². The molecule has 2 fully saturated rings. The third-order valence-electron chi connectivity index (χ3n) is 3.75. The van der Waals surface area contributed by atoms with E-state index in [0.29, 0.717) is 6.04 Å². The molecular formula is C12H22N2O. The summed E-state index contributed by atoms with van der Waals surface area (Å²) in [6.45, 7) is 2.20. The van der Waals surface area contributed by atoms with Gasteiger partial charge in [-0.15, -0.1) is 0 Å². The molecular weight excluding hydrogens is 188 g/mol. The minimum atomic E-state index is 0.197. The molecule has 86 valence electrons. The van der Waals surface area contributed by atoms with E-state index in [2.05, 4.69) is 12.2 Å². The molecule has 0 saturated heterocycles. The van der Waals surface area contributed by atoms with Crippen LogP contribution in [0.2, 0.25) is 0 Å². The molecule has 0 radical (unpaired) electrons. The van der Waals surface area contributed by atoms with Gasteiger partial charge in [0.2, 0.25) is 5.91 Å². The van der Waals surface area contributed by atoms with Crippen LogP contribution in [0.1, 0.15) is 45.4 Å². The average molecular weight is 210 g/mol. The second kappa shape index (κ2) is 4.52. The van der Waals surface area contributed by atoms with Gasteiger partial charge in [-0.05, 0) is 38.0 Å². The predicted octanol–water partition coefficient (Wildman–Crippen LogP) is 1.42. The van der Waals surface area contributed by atoms with Crippen LogP contribution in [0.5, 0.6) is 0 Å². The first-order chi connectivity index (χ1) is 7.20. The summed E-state index contributed by atoms with van der Waals surface area (Å²) in [5.74, 6) is 1.21. The molecule has 4 atom stereocenters. The first-order valence-electron chi connectivity index (χ1n) is 6.26. The lowest BCUT2D eigenvalue weighted by molar-refractivity contribution is -0.125. The summed E-state index contributed by atoms with van der Waals surface area (Å²) in [4.78, 5) is 11.8. The Kier molecular flexibility index (Phi) is 3.29. The number of nitrogens with one attached hydrogen (secondary N) is 1. The maximum absolute atomic E-state index is 11.8. The summed E-state index contributed by atoms with van der Waals surface area (Å²) < 4.78 is 0. The summed E-state index contributed by atoms with van der Waals surface area (Å²) in [6, 6.07) is 0.737. The zero-order chi connectivity index (χ0) is 10.8. The number of carbonyl (C=O) groups is 1. The molecule has 4 unspecified atom stereocenters. The first-order valence-corrected chi connectivity index (χ1v) is 6.26. The molecule has 0 aliphatic heterocycles. The minimum absolute atomic E-state index is 0.197. The normalized spacial score (nSPS) is 39.1. The van der Waals surface area contributed by atoms with Gasteiger partial charge in [0.05, 0.1) is 0 Å². The van der Waals surface area contributed by atoms with Gasteiger partial charge in [0.25, 0.3) is 0 Å². The van der Waals surface area contributed by atoms with Crippen molar-refractivity contribution in [1.29, 1.82) is 0 Å². The molecule has 2 aliphatic rings. The summed E-state index contributed by atoms with van der Waals surface area (Å²) >= 11 is 0. The summed E-state index contributed by atoms with van der Waals surface area (Å²) in [5.41, 5.74) is 5.80. The van der Waals surface area contributed by atoms with Gasteiger partial charge in [-0.25, -0.2) is 0 Å². The Bertz CT molecular complexity index is 242. The van der Waals surface area contributed by atoms with Crippen LogP contribution in [0.25, 0.3) is 0 Å². The van der Waals surface area contributed by atoms with Crippen molar-refractivity contribution in [3.63, 3.8) is 0 Å². The van der Waals surface area contributed by atoms with E-state index in [9.17, 15) is 4.79 Å². The molecule has 1 amide bonds. The highest BCUT2D eigenvalue weighted by atomic mass is 16.2. The van der Waals surface area contributed by atoms with Crippen molar-refractivity contribution in [1.82, 2.24) is 5.32 Å². The van der Waals surface area contributed by atoms with E-state index in [0.717, 1.165) is 25.2 Å². The number of hydrogen-bond donors (Lipinski definition) is 2. The number of amides is 1. The molecule has 0 spiro atoms. The van der Waals surface area contributed by atoms with Crippen molar-refractivity contribution >= 4 is 5.91 Å². The number of carbonyl (C=O) groups excluding carboxylic acids is 1. The van der Waals surface area contributed by atoms with Gasteiger partial charge in [-0.2, -0.15) is 0 Å². The lowest BCUT2D eigenvalue weighted by Crippen LogP contribution is -2.32. The SMILES string of the molecule is CCCC1CC1NC(=O)C1CCC(N)C1. The lowest BCUT2D eigenvalue weighted by atomic mass is 10.1. The molecule has 15 heavy (non-hydrogen) atoms. The fraction of sp³-hybridized carbons (Fsp3) is 0.917. The Morgan fingerprint density at radius 2 is 2.20 bits per heavy atom. The van der Waals surface area contributed by atoms with Crippen LogP contribution in [0.4, 0.5) is 0 Å². The quantitative estimate of drug-likeness (QED) is 0.737. The standard InChI is InChI=1S/C12H22N2O/c1-2-3-8-7-11(8)14-12(15)9-4-5-10(13)6-9/h8-11H,2-7,13H2,1H3,(H,14,15). The summed E-state index contributed by atoms with van der Waals surface area (Å²) in [7, 11) is 0. The summed E-state index contributed by atoms with van der Waals surface area (Å²) in [5, 5.41) is 3.16. The highest BCUT2D eigenvalue weighted by Crippen LogP contribution is 2.35. The van der Waals surface area contributed by atoms with Gasteiger partial charge in [0, 0.05) is 18.0 Å². The van der Waals surface area contributed by atoms with E-state index in [4.69, 9.17) is 5.73 Å². The molecule has 0 heterocycles. The van der Waals surface area contributed by atoms with Crippen LogP contribution in [-0.2, 0) is 4.79 Å². The number of rotatable bonds is 4. The van der Waals surface area contributed by atoms with E-state index in [-0.39, 0.29) is 17.9 Å². The maximum Gasteiger partial charge on any atom is 0.223 e. The van der Waals surface area contributed by atoms with Gasteiger partial charge < -0.3 is 11.1 Å². The van der Waals surface area contributed by atoms with Crippen LogP contribution < -0.4 is 11.1 Å². The van der Waals surface area contributed by atoms with Crippen LogP contribution in [0.15, 0.2) is 0 Å². The fourth-order valence-corrected chi connectivity index (χ4v) is 2.67. The van der Waals surface area contributed by atoms with Crippen LogP contribution in [0, 0.1) is 11.8 Å². The Balaban J connectivity index is 1.70. The van der Waals surface area contributed by atoms with Gasteiger partial charge in [0.1, 0.15) is 0 Å². The first kappa shape index (κ1) is 10.9. The van der Waals surface area contributed by atoms with Crippen molar-refractivity contribution < 1.29 is 4.79 Å². The molecule has 3 nitrogen and oxygen atoms in total. The molecule has 2 rings (SSSR count). The van der Waals surface area contributed by atoms with Crippen molar-refractivity contribution in [2.75, 3.05) is 0 Å². The predicted molar refractivity (Wildman–Crippen MR) is 60.3 cm³/mol. The highest BCUT2D eigenvalue weighted by molar-refractivity contribution is 5.79. The van der Waals surface area contributed by atoms with Crippen molar-refractivity contribution in [3.05, 3.63) is 0 Å². The number of nitrogens with two attached hydrogens (primary N) is 1. The largest absolute Gasteiger partial charge is 0.353 e. The minimum Gasteiger partial charge on any atom is -0.353 e. The van der Waals surface area contributed by atoms with Gasteiger partial charge in [-0.3, -0.25) is 4.79 Å². The van der Waals surface area contributed by atoms with E-state index >= 15 is 0 Å². The van der Waals surface area contributed by atoms with E-state index in [1.165, 1.54) is 19.3 Å². The Labute approximate surface area is 91.8 Å². The van der Waals surface area contributed by atoms with Gasteiger partial charge in [-0.1, -0.05) is 13.3 Å². The Hall–Kier alpha value is -0.570. The third-order valence-corrected chi connectivity index (χ3v) is 3.75. The molecule has 0 aromatic carbocycles. The molecule has 3 N–H and O–H groups in total. The molecule has 2 aliphatic carbocycles. The smallest absolute Gasteiger partial charge is 0.223 e. The molecule has 2 saturated carbocycles. The van der Waals surface area contributed by atoms with Crippen LogP contribution in [0.3, 0.4) is 0 Å². The zero-order valence-corrected chi connectivity index (χ0v) is 9.54. The maximum atomic E-state index is 11.8. The molecule has 3 heteroatoms. The Morgan fingerprint density at radius 1 is 1.40 bits per heavy atom. The monoisotopic (exact) mass is 210 g/mol. The average Bonchev–Trinajstić information content (AvgIpc) is 2.76. The second-order valence-corrected chi connectivity index (χ2v) is 5.17. The van der Waals surface area contributed by atoms with E-state index in [1.807, 2.05) is 0 Å². The molecule has 0 aromatic rings. The lowest BCUT2D eigenvalue weighted by Gasteiger charge is -2.10. The van der Waals surface area contributed by atoms with E-state index in [1.54, 1.807) is 0 Å². The van der Waals surface area contributed by atoms with Crippen LogP contribution in [-0.4, -0.2) is 18.0 Å². The van der Waals surface area contributed by atoms with Crippen molar-refractivity contribution in [3.8, 4) is 0 Å². The summed E-state index contributed by atoms with van der Waals surface area (Å²) in [6.07, 6.45) is 6.56. The fourth-order valence-electron chi connectivity index (χ4n) is 2.67. The highest BCUT2D eigenvalue weighted by Gasteiger charge is 2.39. The third kappa shape index (κ3) is 2.71. The molecule has 0 aromatic heterocycles.